The molecule has 1 N–H and O–H groups in total. The molecule has 1 amide bonds. The molecule has 0 heterocycles. The zero-order valence-electron chi connectivity index (χ0n) is 15.3. The molecule has 0 aliphatic heterocycles. The van der Waals surface area contributed by atoms with Gasteiger partial charge in [0.15, 0.2) is 12.7 Å². The van der Waals surface area contributed by atoms with Gasteiger partial charge in [-0.05, 0) is 37.1 Å². The van der Waals surface area contributed by atoms with Crippen LogP contribution in [0.3, 0.4) is 0 Å². The molecule has 9 heteroatoms. The van der Waals surface area contributed by atoms with E-state index in [1.807, 2.05) is 19.1 Å². The summed E-state index contributed by atoms with van der Waals surface area (Å²) in [5, 5.41) is 13.2. The van der Waals surface area contributed by atoms with Gasteiger partial charge < -0.3 is 14.8 Å². The van der Waals surface area contributed by atoms with E-state index in [-0.39, 0.29) is 23.0 Å². The summed E-state index contributed by atoms with van der Waals surface area (Å²) < 4.78 is 10.4. The summed E-state index contributed by atoms with van der Waals surface area (Å²) in [5.41, 5.74) is 1.11. The van der Waals surface area contributed by atoms with Crippen LogP contribution in [-0.4, -0.2) is 29.5 Å². The lowest BCUT2D eigenvalue weighted by molar-refractivity contribution is -0.384. The number of hydrogen-bond acceptors (Lipinski definition) is 6. The second-order valence-corrected chi connectivity index (χ2v) is 6.24. The van der Waals surface area contributed by atoms with Crippen molar-refractivity contribution in [1.29, 1.82) is 0 Å². The van der Waals surface area contributed by atoms with Gasteiger partial charge in [-0.2, -0.15) is 0 Å². The minimum atomic E-state index is -1.11. The quantitative estimate of drug-likeness (QED) is 0.406. The maximum atomic E-state index is 12.1. The molecule has 8 nitrogen and oxygen atoms in total. The van der Waals surface area contributed by atoms with Crippen LogP contribution < -0.4 is 10.1 Å². The summed E-state index contributed by atoms with van der Waals surface area (Å²) in [6.45, 7) is 3.08. The lowest BCUT2D eigenvalue weighted by Gasteiger charge is -2.14. The van der Waals surface area contributed by atoms with Crippen molar-refractivity contribution in [3.05, 3.63) is 63.2 Å². The normalized spacial score (nSPS) is 11.4. The van der Waals surface area contributed by atoms with E-state index in [4.69, 9.17) is 21.1 Å². The van der Waals surface area contributed by atoms with E-state index in [9.17, 15) is 19.7 Å². The van der Waals surface area contributed by atoms with Gasteiger partial charge in [0.05, 0.1) is 15.6 Å². The molecule has 1 unspecified atom stereocenters. The highest BCUT2D eigenvalue weighted by molar-refractivity contribution is 6.34. The van der Waals surface area contributed by atoms with E-state index in [0.29, 0.717) is 5.75 Å². The lowest BCUT2D eigenvalue weighted by Crippen LogP contribution is -2.31. The van der Waals surface area contributed by atoms with E-state index in [1.165, 1.54) is 19.1 Å². The number of nitro benzene ring substituents is 1. The fraction of sp³-hybridized carbons (Fsp3) is 0.263. The number of anilines is 1. The van der Waals surface area contributed by atoms with Crippen molar-refractivity contribution in [3.8, 4) is 5.75 Å². The van der Waals surface area contributed by atoms with Gasteiger partial charge in [-0.25, -0.2) is 4.79 Å². The number of amides is 1. The molecule has 0 saturated carbocycles. The fourth-order valence-corrected chi connectivity index (χ4v) is 2.42. The standard InChI is InChI=1S/C19H19ClN2O6/c1-3-13-4-7-15(8-5-13)27-11-18(23)28-12(2)19(24)21-17-9-6-14(22(25)26)10-16(17)20/h4-10,12H,3,11H2,1-2H3,(H,21,24). The number of carbonyl (C=O) groups excluding carboxylic acids is 2. The Morgan fingerprint density at radius 2 is 1.89 bits per heavy atom. The number of ether oxygens (including phenoxy) is 2. The molecule has 1 atom stereocenters. The van der Waals surface area contributed by atoms with Crippen molar-refractivity contribution in [2.45, 2.75) is 26.4 Å². The van der Waals surface area contributed by atoms with Crippen LogP contribution in [-0.2, 0) is 20.7 Å². The molecule has 0 spiro atoms. The maximum absolute atomic E-state index is 12.1. The van der Waals surface area contributed by atoms with Crippen molar-refractivity contribution < 1.29 is 24.0 Å². The Bertz CT molecular complexity index is 869. The van der Waals surface area contributed by atoms with Gasteiger partial charge in [-0.3, -0.25) is 14.9 Å². The second-order valence-electron chi connectivity index (χ2n) is 5.83. The summed E-state index contributed by atoms with van der Waals surface area (Å²) in [5.74, 6) is -0.822. The highest BCUT2D eigenvalue weighted by atomic mass is 35.5. The summed E-state index contributed by atoms with van der Waals surface area (Å²) in [7, 11) is 0. The first-order valence-electron chi connectivity index (χ1n) is 8.46. The Balaban J connectivity index is 1.85. The highest BCUT2D eigenvalue weighted by Crippen LogP contribution is 2.26. The first-order chi connectivity index (χ1) is 13.3. The molecule has 2 aromatic rings. The Kier molecular flexibility index (Phi) is 7.34. The zero-order valence-corrected chi connectivity index (χ0v) is 16.1. The van der Waals surface area contributed by atoms with Gasteiger partial charge in [-0.15, -0.1) is 0 Å². The van der Waals surface area contributed by atoms with Crippen molar-refractivity contribution in [2.75, 3.05) is 11.9 Å². The Labute approximate surface area is 166 Å². The van der Waals surface area contributed by atoms with Gasteiger partial charge in [0.25, 0.3) is 11.6 Å². The summed E-state index contributed by atoms with van der Waals surface area (Å²) in [6, 6.07) is 10.9. The minimum absolute atomic E-state index is 0.0000593. The first-order valence-corrected chi connectivity index (χ1v) is 8.84. The first kappa shape index (κ1) is 21.2. The maximum Gasteiger partial charge on any atom is 0.344 e. The Hall–Kier alpha value is -3.13. The highest BCUT2D eigenvalue weighted by Gasteiger charge is 2.20. The number of non-ortho nitro benzene ring substituents is 1. The number of benzene rings is 2. The lowest BCUT2D eigenvalue weighted by atomic mass is 10.2. The van der Waals surface area contributed by atoms with E-state index in [2.05, 4.69) is 5.32 Å². The van der Waals surface area contributed by atoms with E-state index in [0.717, 1.165) is 18.1 Å². The molecule has 0 bridgehead atoms. The van der Waals surface area contributed by atoms with Crippen LogP contribution >= 0.6 is 11.6 Å². The van der Waals surface area contributed by atoms with Crippen molar-refractivity contribution in [2.24, 2.45) is 0 Å². The Morgan fingerprint density at radius 3 is 2.46 bits per heavy atom. The molecule has 28 heavy (non-hydrogen) atoms. The molecule has 0 aliphatic carbocycles. The number of nitrogens with zero attached hydrogens (tertiary/aromatic N) is 1. The van der Waals surface area contributed by atoms with Gasteiger partial charge in [-0.1, -0.05) is 30.7 Å². The number of nitrogens with one attached hydrogen (secondary N) is 1. The third-order valence-electron chi connectivity index (χ3n) is 3.79. The third kappa shape index (κ3) is 5.95. The van der Waals surface area contributed by atoms with Crippen LogP contribution in [0.25, 0.3) is 0 Å². The summed E-state index contributed by atoms with van der Waals surface area (Å²) >= 11 is 5.92. The molecular weight excluding hydrogens is 388 g/mol. The predicted octanol–water partition coefficient (Wildman–Crippen LogP) is 3.76. The van der Waals surface area contributed by atoms with Crippen LogP contribution in [0, 0.1) is 10.1 Å². The molecule has 2 rings (SSSR count). The average Bonchev–Trinajstić information content (AvgIpc) is 2.68. The molecule has 0 aliphatic rings. The smallest absolute Gasteiger partial charge is 0.344 e. The van der Waals surface area contributed by atoms with Crippen LogP contribution in [0.4, 0.5) is 11.4 Å². The number of aryl methyl sites for hydroxylation is 1. The van der Waals surface area contributed by atoms with E-state index < -0.39 is 22.9 Å². The van der Waals surface area contributed by atoms with Crippen molar-refractivity contribution >= 4 is 34.9 Å². The van der Waals surface area contributed by atoms with Gasteiger partial charge in [0.1, 0.15) is 5.75 Å². The number of hydrogen-bond donors (Lipinski definition) is 1. The summed E-state index contributed by atoms with van der Waals surface area (Å²) in [6.07, 6.45) is -0.210. The fourth-order valence-electron chi connectivity index (χ4n) is 2.20. The van der Waals surface area contributed by atoms with Crippen LogP contribution in [0.1, 0.15) is 19.4 Å². The van der Waals surface area contributed by atoms with Crippen LogP contribution in [0.15, 0.2) is 42.5 Å². The van der Waals surface area contributed by atoms with Gasteiger partial charge in [0, 0.05) is 12.1 Å². The molecule has 2 aromatic carbocycles. The monoisotopic (exact) mass is 406 g/mol. The number of carbonyl (C=O) groups is 2. The minimum Gasteiger partial charge on any atom is -0.482 e. The molecular formula is C19H19ClN2O6. The summed E-state index contributed by atoms with van der Waals surface area (Å²) in [4.78, 5) is 34.1. The SMILES string of the molecule is CCc1ccc(OCC(=O)OC(C)C(=O)Nc2ccc([N+](=O)[O-])cc2Cl)cc1. The number of esters is 1. The molecule has 148 valence electrons. The Morgan fingerprint density at radius 1 is 1.21 bits per heavy atom. The van der Waals surface area contributed by atoms with Crippen molar-refractivity contribution in [3.63, 3.8) is 0 Å². The predicted molar refractivity (Wildman–Crippen MR) is 104 cm³/mol. The van der Waals surface area contributed by atoms with Gasteiger partial charge >= 0.3 is 5.97 Å². The largest absolute Gasteiger partial charge is 0.482 e. The van der Waals surface area contributed by atoms with Crippen molar-refractivity contribution in [1.82, 2.24) is 0 Å². The molecule has 0 fully saturated rings. The van der Waals surface area contributed by atoms with E-state index >= 15 is 0 Å². The van der Waals surface area contributed by atoms with Crippen LogP contribution in [0.5, 0.6) is 5.75 Å². The van der Waals surface area contributed by atoms with Gasteiger partial charge in [0.2, 0.25) is 0 Å². The average molecular weight is 407 g/mol. The molecule has 0 aromatic heterocycles. The van der Waals surface area contributed by atoms with E-state index in [1.54, 1.807) is 12.1 Å². The zero-order chi connectivity index (χ0) is 20.7. The number of rotatable bonds is 8. The third-order valence-corrected chi connectivity index (χ3v) is 4.10. The molecule has 0 radical (unpaired) electrons. The molecule has 0 saturated heterocycles. The second kappa shape index (κ2) is 9.70. The topological polar surface area (TPSA) is 108 Å². The van der Waals surface area contributed by atoms with Crippen LogP contribution in [0.2, 0.25) is 5.02 Å². The number of nitro groups is 1. The number of halogens is 1.